The highest BCUT2D eigenvalue weighted by Crippen LogP contribution is 2.55. The Bertz CT molecular complexity index is 2200. The Morgan fingerprint density at radius 3 is 1.40 bits per heavy atom. The molecule has 0 N–H and O–H groups in total. The molecule has 2 aromatic carbocycles. The van der Waals surface area contributed by atoms with Crippen LogP contribution in [0.3, 0.4) is 0 Å². The molecule has 4 aromatic rings. The van der Waals surface area contributed by atoms with Crippen LogP contribution in [-0.2, 0) is 52.9 Å². The molecule has 0 saturated carbocycles. The van der Waals surface area contributed by atoms with E-state index in [1.165, 1.54) is 24.3 Å². The maximum atomic E-state index is 13.9. The first-order valence-electron chi connectivity index (χ1n) is 15.3. The molecule has 0 atom stereocenters. The Hall–Kier alpha value is -5.57. The van der Waals surface area contributed by atoms with E-state index in [2.05, 4.69) is 26.3 Å². The van der Waals surface area contributed by atoms with E-state index < -0.39 is 73.7 Å². The van der Waals surface area contributed by atoms with Gasteiger partial charge in [0, 0.05) is 18.5 Å². The van der Waals surface area contributed by atoms with Crippen molar-refractivity contribution in [2.24, 2.45) is 5.41 Å². The lowest BCUT2D eigenvalue weighted by molar-refractivity contribution is -0.0270. The third-order valence-corrected chi connectivity index (χ3v) is 9.33. The van der Waals surface area contributed by atoms with E-state index in [1.54, 1.807) is 24.3 Å². The van der Waals surface area contributed by atoms with Crippen LogP contribution in [0.25, 0.3) is 10.8 Å². The predicted molar refractivity (Wildman–Crippen MR) is 186 cm³/mol. The molecule has 17 heteroatoms. The van der Waals surface area contributed by atoms with Crippen molar-refractivity contribution in [3.05, 3.63) is 156 Å². The Morgan fingerprint density at radius 1 is 0.600 bits per heavy atom. The average Bonchev–Trinajstić information content (AvgIpc) is 3.11. The predicted octanol–water partition coefficient (Wildman–Crippen LogP) is 1.47. The molecule has 5 rings (SSSR count). The van der Waals surface area contributed by atoms with Gasteiger partial charge in [0.25, 0.3) is 0 Å². The summed E-state index contributed by atoms with van der Waals surface area (Å²) < 4.78 is 35.8. The molecule has 0 bridgehead atoms. The van der Waals surface area contributed by atoms with Crippen LogP contribution in [0.2, 0.25) is 0 Å². The van der Waals surface area contributed by atoms with Crippen molar-refractivity contribution in [3.8, 4) is 5.75 Å². The molecule has 262 valence electrons. The van der Waals surface area contributed by atoms with E-state index in [0.29, 0.717) is 5.39 Å². The van der Waals surface area contributed by atoms with E-state index in [0.717, 1.165) is 32.8 Å². The van der Waals surface area contributed by atoms with Crippen molar-refractivity contribution in [3.63, 3.8) is 0 Å². The van der Waals surface area contributed by atoms with Crippen molar-refractivity contribution in [1.82, 2.24) is 27.4 Å². The van der Waals surface area contributed by atoms with Gasteiger partial charge in [-0.3, -0.25) is 9.05 Å². The maximum absolute atomic E-state index is 13.9. The van der Waals surface area contributed by atoms with Gasteiger partial charge in [0.05, 0.1) is 44.8 Å². The molecule has 1 fully saturated rings. The standard InChI is InChI=1S/C33H35N6O10P/c1-5-16-34-27(40)35(17-6-2)30(43)38(29(34)42)20-33(21-39-31(44)36(18-7-3)28(41)37(19-8-4)32(39)45)22-47-50(46,48-23-33)49-26-15-11-13-24-12-9-10-14-25(24)26/h5-15H,1-4,16-23H2. The number of fused-ring (bicyclic) bond motifs is 1. The number of hydrogen-bond donors (Lipinski definition) is 0. The van der Waals surface area contributed by atoms with E-state index in [-0.39, 0.29) is 31.9 Å². The number of nitrogens with zero attached hydrogens (tertiary/aromatic N) is 6. The second kappa shape index (κ2) is 14.5. The molecule has 1 saturated heterocycles. The highest BCUT2D eigenvalue weighted by atomic mass is 31.2. The smallest absolute Gasteiger partial charge is 0.403 e. The van der Waals surface area contributed by atoms with E-state index in [9.17, 15) is 33.3 Å². The van der Waals surface area contributed by atoms with Gasteiger partial charge in [0.15, 0.2) is 0 Å². The van der Waals surface area contributed by atoms with Gasteiger partial charge in [0.2, 0.25) is 0 Å². The number of benzene rings is 2. The Balaban J connectivity index is 1.66. The van der Waals surface area contributed by atoms with Crippen LogP contribution in [0, 0.1) is 5.41 Å². The zero-order valence-electron chi connectivity index (χ0n) is 27.0. The van der Waals surface area contributed by atoms with Gasteiger partial charge in [-0.1, -0.05) is 60.7 Å². The Kier molecular flexibility index (Phi) is 10.4. The number of rotatable bonds is 14. The van der Waals surface area contributed by atoms with Crippen molar-refractivity contribution in [2.45, 2.75) is 39.3 Å². The largest absolute Gasteiger partial charge is 0.530 e. The fraction of sp³-hybridized carbons (Fsp3) is 0.273. The van der Waals surface area contributed by atoms with Gasteiger partial charge < -0.3 is 4.52 Å². The van der Waals surface area contributed by atoms with Gasteiger partial charge in [-0.2, -0.15) is 0 Å². The average molecular weight is 707 g/mol. The second-order valence-corrected chi connectivity index (χ2v) is 13.1. The lowest BCUT2D eigenvalue weighted by Crippen LogP contribution is -2.60. The van der Waals surface area contributed by atoms with Gasteiger partial charge in [-0.25, -0.2) is 60.7 Å². The summed E-state index contributed by atoms with van der Waals surface area (Å²) in [6.45, 7) is 11.0. The maximum Gasteiger partial charge on any atom is 0.530 e. The third kappa shape index (κ3) is 6.68. The molecule has 0 unspecified atom stereocenters. The first-order valence-corrected chi connectivity index (χ1v) is 16.8. The number of phosphoric acid groups is 1. The van der Waals surface area contributed by atoms with E-state index >= 15 is 0 Å². The molecular formula is C33H35N6O10P. The first kappa shape index (κ1) is 35.7. The molecule has 2 aromatic heterocycles. The van der Waals surface area contributed by atoms with Gasteiger partial charge >= 0.3 is 42.0 Å². The highest BCUT2D eigenvalue weighted by molar-refractivity contribution is 7.49. The summed E-state index contributed by atoms with van der Waals surface area (Å²) in [6.07, 6.45) is 5.18. The summed E-state index contributed by atoms with van der Waals surface area (Å²) in [5, 5.41) is 1.41. The SMILES string of the molecule is C=CCn1c(=O)n(CC=C)c(=O)n(CC2(Cn3c(=O)n(CC=C)c(=O)n(CC=C)c3=O)COP(=O)(Oc3cccc4ccccc34)OC2)c1=O. The minimum Gasteiger partial charge on any atom is -0.403 e. The van der Waals surface area contributed by atoms with Crippen molar-refractivity contribution in [2.75, 3.05) is 13.2 Å². The zero-order chi connectivity index (χ0) is 36.2. The highest BCUT2D eigenvalue weighted by Gasteiger charge is 2.47. The van der Waals surface area contributed by atoms with E-state index in [4.69, 9.17) is 13.6 Å². The lowest BCUT2D eigenvalue weighted by atomic mass is 9.89. The lowest BCUT2D eigenvalue weighted by Gasteiger charge is -2.39. The topological polar surface area (TPSA) is 177 Å². The Labute approximate surface area is 283 Å². The van der Waals surface area contributed by atoms with Crippen LogP contribution in [0.15, 0.2) is 122 Å². The molecule has 16 nitrogen and oxygen atoms in total. The van der Waals surface area contributed by atoms with Gasteiger partial charge in [-0.05, 0) is 11.5 Å². The van der Waals surface area contributed by atoms with Crippen LogP contribution >= 0.6 is 7.82 Å². The molecule has 0 spiro atoms. The van der Waals surface area contributed by atoms with Crippen LogP contribution in [-0.4, -0.2) is 40.6 Å². The zero-order valence-corrected chi connectivity index (χ0v) is 27.9. The van der Waals surface area contributed by atoms with Crippen LogP contribution in [0.4, 0.5) is 0 Å². The van der Waals surface area contributed by atoms with Crippen molar-refractivity contribution in [1.29, 1.82) is 0 Å². The first-order chi connectivity index (χ1) is 23.9. The monoisotopic (exact) mass is 706 g/mol. The minimum atomic E-state index is -4.38. The third-order valence-electron chi connectivity index (χ3n) is 8.02. The van der Waals surface area contributed by atoms with Crippen LogP contribution in [0.1, 0.15) is 0 Å². The summed E-state index contributed by atoms with van der Waals surface area (Å²) >= 11 is 0. The minimum absolute atomic E-state index is 0.194. The summed E-state index contributed by atoms with van der Waals surface area (Å²) in [6, 6.07) is 12.3. The quantitative estimate of drug-likeness (QED) is 0.138. The van der Waals surface area contributed by atoms with Crippen LogP contribution < -0.4 is 38.7 Å². The molecule has 0 amide bonds. The molecule has 3 heterocycles. The number of hydrogen-bond acceptors (Lipinski definition) is 10. The number of aromatic nitrogens is 6. The van der Waals surface area contributed by atoms with Crippen LogP contribution in [0.5, 0.6) is 5.75 Å². The Morgan fingerprint density at radius 2 is 0.980 bits per heavy atom. The van der Waals surface area contributed by atoms with E-state index in [1.807, 2.05) is 18.2 Å². The summed E-state index contributed by atoms with van der Waals surface area (Å²) in [5.74, 6) is 0.194. The summed E-state index contributed by atoms with van der Waals surface area (Å²) in [7, 11) is -4.38. The molecule has 0 radical (unpaired) electrons. The molecule has 1 aliphatic heterocycles. The second-order valence-electron chi connectivity index (χ2n) is 11.5. The molecule has 1 aliphatic rings. The number of phosphoric ester groups is 1. The molecule has 0 aliphatic carbocycles. The van der Waals surface area contributed by atoms with Gasteiger partial charge in [-0.15, -0.1) is 26.3 Å². The summed E-state index contributed by atoms with van der Waals surface area (Å²) in [5.41, 5.74) is -7.56. The van der Waals surface area contributed by atoms with Gasteiger partial charge in [0.1, 0.15) is 5.75 Å². The summed E-state index contributed by atoms with van der Waals surface area (Å²) in [4.78, 5) is 80.7. The molecule has 50 heavy (non-hydrogen) atoms. The fourth-order valence-corrected chi connectivity index (χ4v) is 7.08. The van der Waals surface area contributed by atoms with Crippen molar-refractivity contribution < 1.29 is 18.1 Å². The number of allylic oxidation sites excluding steroid dienone is 4. The normalized spacial score (nSPS) is 15.0. The fourth-order valence-electron chi connectivity index (χ4n) is 5.64. The molecular weight excluding hydrogens is 671 g/mol. The van der Waals surface area contributed by atoms with Crippen molar-refractivity contribution >= 4 is 18.6 Å².